The summed E-state index contributed by atoms with van der Waals surface area (Å²) in [5.41, 5.74) is 2.91. The van der Waals surface area contributed by atoms with E-state index in [1.54, 1.807) is 17.0 Å². The summed E-state index contributed by atoms with van der Waals surface area (Å²) in [4.78, 5) is 30.1. The number of hydrogen-bond donors (Lipinski definition) is 0. The number of carbonyl (C=O) groups excluding carboxylic acids is 2. The van der Waals surface area contributed by atoms with Crippen molar-refractivity contribution in [2.75, 3.05) is 19.6 Å². The number of hydrogen-bond acceptors (Lipinski definition) is 2. The van der Waals surface area contributed by atoms with E-state index >= 15 is 0 Å². The maximum absolute atomic E-state index is 13.4. The van der Waals surface area contributed by atoms with Crippen molar-refractivity contribution in [1.82, 2.24) is 14.4 Å². The smallest absolute Gasteiger partial charge is 0.254 e. The van der Waals surface area contributed by atoms with Gasteiger partial charge in [-0.2, -0.15) is 0 Å². The highest BCUT2D eigenvalue weighted by Crippen LogP contribution is 2.15. The largest absolute Gasteiger partial charge is 0.345 e. The van der Waals surface area contributed by atoms with E-state index in [2.05, 4.69) is 51.8 Å². The summed E-state index contributed by atoms with van der Waals surface area (Å²) in [5, 5.41) is 0. The molecule has 5 nitrogen and oxygen atoms in total. The molecule has 1 aromatic heterocycles. The minimum Gasteiger partial charge on any atom is -0.345 e. The molecule has 180 valence electrons. The van der Waals surface area contributed by atoms with Gasteiger partial charge in [0.2, 0.25) is 5.91 Å². The molecule has 0 unspecified atom stereocenters. The van der Waals surface area contributed by atoms with Crippen molar-refractivity contribution in [1.29, 1.82) is 0 Å². The molecular formula is C28H34BrN3O2. The molecule has 0 N–H and O–H groups in total. The van der Waals surface area contributed by atoms with Crippen molar-refractivity contribution in [3.05, 3.63) is 94.2 Å². The Morgan fingerprint density at radius 3 is 2.26 bits per heavy atom. The Morgan fingerprint density at radius 1 is 0.853 bits per heavy atom. The Balaban J connectivity index is 1.73. The van der Waals surface area contributed by atoms with Crippen LogP contribution in [-0.4, -0.2) is 45.8 Å². The van der Waals surface area contributed by atoms with Crippen LogP contribution in [0.3, 0.4) is 0 Å². The van der Waals surface area contributed by atoms with Crippen molar-refractivity contribution < 1.29 is 9.59 Å². The Labute approximate surface area is 211 Å². The number of carbonyl (C=O) groups is 2. The van der Waals surface area contributed by atoms with Gasteiger partial charge in [-0.05, 0) is 54.8 Å². The molecule has 0 atom stereocenters. The number of rotatable bonds is 12. The zero-order chi connectivity index (χ0) is 24.3. The number of halogens is 1. The topological polar surface area (TPSA) is 45.6 Å². The molecule has 0 saturated heterocycles. The molecule has 0 aliphatic rings. The average molecular weight is 525 g/mol. The van der Waals surface area contributed by atoms with E-state index in [1.165, 1.54) is 5.56 Å². The van der Waals surface area contributed by atoms with Crippen molar-refractivity contribution in [3.63, 3.8) is 0 Å². The van der Waals surface area contributed by atoms with Crippen LogP contribution in [0.2, 0.25) is 0 Å². The molecule has 2 amide bonds. The number of unbranched alkanes of at least 4 members (excludes halogenated alkanes) is 1. The maximum atomic E-state index is 13.4. The minimum atomic E-state index is -0.0927. The van der Waals surface area contributed by atoms with E-state index in [9.17, 15) is 9.59 Å². The quantitative estimate of drug-likeness (QED) is 0.293. The van der Waals surface area contributed by atoms with Crippen LogP contribution in [0, 0.1) is 0 Å². The predicted octanol–water partition coefficient (Wildman–Crippen LogP) is 5.98. The summed E-state index contributed by atoms with van der Waals surface area (Å²) in [6.45, 7) is 6.76. The van der Waals surface area contributed by atoms with Gasteiger partial charge in [-0.25, -0.2) is 0 Å². The third kappa shape index (κ3) is 7.32. The molecule has 0 spiro atoms. The van der Waals surface area contributed by atoms with Crippen molar-refractivity contribution in [3.8, 4) is 0 Å². The molecule has 6 heteroatoms. The molecule has 0 radical (unpaired) electrons. The van der Waals surface area contributed by atoms with Crippen LogP contribution < -0.4 is 0 Å². The predicted molar refractivity (Wildman–Crippen MR) is 141 cm³/mol. The fourth-order valence-electron chi connectivity index (χ4n) is 3.92. The van der Waals surface area contributed by atoms with Gasteiger partial charge in [0.25, 0.3) is 5.91 Å². The number of aromatic nitrogens is 1. The van der Waals surface area contributed by atoms with Crippen molar-refractivity contribution >= 4 is 27.7 Å². The van der Waals surface area contributed by atoms with E-state index < -0.39 is 0 Å². The Kier molecular flexibility index (Phi) is 9.95. The highest BCUT2D eigenvalue weighted by atomic mass is 79.9. The molecular weight excluding hydrogens is 490 g/mol. The van der Waals surface area contributed by atoms with E-state index in [0.29, 0.717) is 25.2 Å². The maximum Gasteiger partial charge on any atom is 0.254 e. The van der Waals surface area contributed by atoms with Crippen LogP contribution in [0.25, 0.3) is 0 Å². The minimum absolute atomic E-state index is 0.0115. The molecule has 34 heavy (non-hydrogen) atoms. The third-order valence-corrected chi connectivity index (χ3v) is 6.33. The lowest BCUT2D eigenvalue weighted by Crippen LogP contribution is -2.43. The zero-order valence-corrected chi connectivity index (χ0v) is 21.7. The lowest BCUT2D eigenvalue weighted by Gasteiger charge is -2.28. The van der Waals surface area contributed by atoms with Crippen LogP contribution in [0.1, 0.15) is 54.7 Å². The van der Waals surface area contributed by atoms with Crippen LogP contribution in [0.4, 0.5) is 0 Å². The number of benzene rings is 2. The normalized spacial score (nSPS) is 10.8. The molecule has 2 aromatic carbocycles. The van der Waals surface area contributed by atoms with Crippen LogP contribution in [0.5, 0.6) is 0 Å². The standard InChI is InChI=1S/C28H34BrN3O2/c1-3-5-18-31(21-26-12-9-19-30(26)20-23-13-15-25(29)16-14-23)27(33)22-32(17-4-2)28(34)24-10-7-6-8-11-24/h6-16,19H,3-5,17-18,20-22H2,1-2H3. The number of amides is 2. The van der Waals surface area contributed by atoms with Crippen LogP contribution in [0.15, 0.2) is 77.4 Å². The van der Waals surface area contributed by atoms with E-state index in [4.69, 9.17) is 0 Å². The van der Waals surface area contributed by atoms with Crippen LogP contribution >= 0.6 is 15.9 Å². The van der Waals surface area contributed by atoms with Gasteiger partial charge in [0.05, 0.1) is 6.54 Å². The molecule has 1 heterocycles. The summed E-state index contributed by atoms with van der Waals surface area (Å²) in [6.07, 6.45) is 4.80. The number of nitrogens with zero attached hydrogens (tertiary/aromatic N) is 3. The second-order valence-electron chi connectivity index (χ2n) is 8.52. The summed E-state index contributed by atoms with van der Waals surface area (Å²) in [5.74, 6) is -0.104. The van der Waals surface area contributed by atoms with Crippen molar-refractivity contribution in [2.24, 2.45) is 0 Å². The van der Waals surface area contributed by atoms with Gasteiger partial charge in [0, 0.05) is 41.6 Å². The SMILES string of the molecule is CCCCN(Cc1cccn1Cc1ccc(Br)cc1)C(=O)CN(CCC)C(=O)c1ccccc1. The fourth-order valence-corrected chi connectivity index (χ4v) is 4.18. The van der Waals surface area contributed by atoms with Gasteiger partial charge in [-0.3, -0.25) is 9.59 Å². The average Bonchev–Trinajstić information content (AvgIpc) is 3.29. The zero-order valence-electron chi connectivity index (χ0n) is 20.1. The summed E-state index contributed by atoms with van der Waals surface area (Å²) >= 11 is 3.49. The van der Waals surface area contributed by atoms with Gasteiger partial charge in [0.1, 0.15) is 6.54 Å². The molecule has 0 saturated carbocycles. The molecule has 0 fully saturated rings. The highest BCUT2D eigenvalue weighted by Gasteiger charge is 2.22. The second-order valence-corrected chi connectivity index (χ2v) is 9.43. The first-order valence-corrected chi connectivity index (χ1v) is 12.8. The second kappa shape index (κ2) is 13.1. The first-order valence-electron chi connectivity index (χ1n) is 12.0. The van der Waals surface area contributed by atoms with Gasteiger partial charge < -0.3 is 14.4 Å². The van der Waals surface area contributed by atoms with E-state index in [1.807, 2.05) is 48.2 Å². The van der Waals surface area contributed by atoms with Gasteiger partial charge in [-0.15, -0.1) is 0 Å². The first kappa shape index (κ1) is 25.8. The molecule has 0 aliphatic carbocycles. The fraction of sp³-hybridized carbons (Fsp3) is 0.357. The lowest BCUT2D eigenvalue weighted by molar-refractivity contribution is -0.132. The molecule has 0 bridgehead atoms. The van der Waals surface area contributed by atoms with E-state index in [0.717, 1.165) is 36.0 Å². The van der Waals surface area contributed by atoms with Crippen molar-refractivity contribution in [2.45, 2.75) is 46.2 Å². The van der Waals surface area contributed by atoms with Gasteiger partial charge in [-0.1, -0.05) is 66.5 Å². The van der Waals surface area contributed by atoms with Gasteiger partial charge >= 0.3 is 0 Å². The summed E-state index contributed by atoms with van der Waals surface area (Å²) in [6, 6.07) is 21.6. The third-order valence-electron chi connectivity index (χ3n) is 5.80. The molecule has 3 aromatic rings. The Bertz CT molecular complexity index is 1050. The lowest BCUT2D eigenvalue weighted by atomic mass is 10.2. The monoisotopic (exact) mass is 523 g/mol. The Hall–Kier alpha value is -2.86. The molecule has 0 aliphatic heterocycles. The van der Waals surface area contributed by atoms with Gasteiger partial charge in [0.15, 0.2) is 0 Å². The summed E-state index contributed by atoms with van der Waals surface area (Å²) in [7, 11) is 0. The first-order chi connectivity index (χ1) is 16.5. The van der Waals surface area contributed by atoms with E-state index in [-0.39, 0.29) is 18.4 Å². The van der Waals surface area contributed by atoms with Crippen LogP contribution in [-0.2, 0) is 17.9 Å². The summed E-state index contributed by atoms with van der Waals surface area (Å²) < 4.78 is 3.25. The highest BCUT2D eigenvalue weighted by molar-refractivity contribution is 9.10. The Morgan fingerprint density at radius 2 is 1.59 bits per heavy atom. The molecule has 3 rings (SSSR count).